The molecule has 5 heteroatoms. The van der Waals surface area contributed by atoms with Gasteiger partial charge in [-0.25, -0.2) is 9.37 Å². The third kappa shape index (κ3) is 5.81. The van der Waals surface area contributed by atoms with E-state index in [4.69, 9.17) is 0 Å². The summed E-state index contributed by atoms with van der Waals surface area (Å²) < 4.78 is 15.7. The summed E-state index contributed by atoms with van der Waals surface area (Å²) in [6.07, 6.45) is 1.83. The molecule has 35 heavy (non-hydrogen) atoms. The van der Waals surface area contributed by atoms with Gasteiger partial charge in [-0.3, -0.25) is 0 Å². The van der Waals surface area contributed by atoms with E-state index in [1.807, 2.05) is 42.6 Å². The molecule has 0 aliphatic rings. The lowest BCUT2D eigenvalue weighted by molar-refractivity contribution is 0.627. The number of nitrogens with one attached hydrogen (secondary N) is 1. The van der Waals surface area contributed by atoms with Gasteiger partial charge in [0, 0.05) is 23.2 Å². The topological polar surface area (TPSA) is 28.2 Å². The average molecular weight is 480 g/mol. The zero-order chi connectivity index (χ0) is 24.0. The molecule has 174 valence electrons. The molecule has 5 aromatic rings. The number of hydrogen-bond donors (Lipinski definition) is 1. The largest absolute Gasteiger partial charge is 0.363 e. The minimum absolute atomic E-state index is 0.123. The van der Waals surface area contributed by atoms with Gasteiger partial charge in [0.15, 0.2) is 0 Å². The van der Waals surface area contributed by atoms with Crippen molar-refractivity contribution < 1.29 is 4.39 Å². The Kier molecular flexibility index (Phi) is 6.96. The van der Waals surface area contributed by atoms with Crippen LogP contribution in [0.15, 0.2) is 120 Å². The third-order valence-corrected chi connectivity index (χ3v) is 6.90. The van der Waals surface area contributed by atoms with E-state index in [9.17, 15) is 4.39 Å². The Morgan fingerprint density at radius 3 is 2.37 bits per heavy atom. The molecule has 1 heterocycles. The fraction of sp³-hybridized carbons (Fsp3) is 0.100. The first-order chi connectivity index (χ1) is 17.1. The van der Waals surface area contributed by atoms with Crippen LogP contribution >= 0.6 is 11.9 Å². The maximum absolute atomic E-state index is 13.5. The molecule has 0 aliphatic carbocycles. The highest BCUT2D eigenvalue weighted by atomic mass is 32.2. The van der Waals surface area contributed by atoms with Crippen LogP contribution in [0.2, 0.25) is 0 Å². The molecular weight excluding hydrogens is 453 g/mol. The molecule has 1 atom stereocenters. The smallest absolute Gasteiger partial charge is 0.128 e. The fourth-order valence-electron chi connectivity index (χ4n) is 3.98. The van der Waals surface area contributed by atoms with Gasteiger partial charge in [0.1, 0.15) is 11.6 Å². The highest BCUT2D eigenvalue weighted by Crippen LogP contribution is 2.34. The van der Waals surface area contributed by atoms with E-state index < -0.39 is 0 Å². The zero-order valence-electron chi connectivity index (χ0n) is 19.4. The second-order valence-electron chi connectivity index (χ2n) is 8.44. The van der Waals surface area contributed by atoms with E-state index in [0.29, 0.717) is 6.54 Å². The normalized spacial score (nSPS) is 11.8. The standard InChI is InChI=1S/C30H26FN3S/c1-22(24-7-3-2-4-8-24)33-30-20-28(17-18-32-30)34(21-23-11-14-27(31)15-12-23)35-29-16-13-25-9-5-6-10-26(25)19-29/h2-20,22H,21H2,1H3,(H,32,33)/t22-/m0/s1. The molecule has 0 saturated heterocycles. The van der Waals surface area contributed by atoms with Crippen LogP contribution in [-0.2, 0) is 6.54 Å². The van der Waals surface area contributed by atoms with Crippen LogP contribution in [0.4, 0.5) is 15.9 Å². The van der Waals surface area contributed by atoms with Crippen LogP contribution in [0.3, 0.4) is 0 Å². The van der Waals surface area contributed by atoms with Crippen molar-refractivity contribution in [2.75, 3.05) is 9.62 Å². The number of pyridine rings is 1. The summed E-state index contributed by atoms with van der Waals surface area (Å²) >= 11 is 1.66. The molecule has 3 nitrogen and oxygen atoms in total. The van der Waals surface area contributed by atoms with Crippen molar-refractivity contribution in [1.82, 2.24) is 4.98 Å². The van der Waals surface area contributed by atoms with Gasteiger partial charge in [-0.2, -0.15) is 0 Å². The van der Waals surface area contributed by atoms with Crippen molar-refractivity contribution in [3.05, 3.63) is 132 Å². The van der Waals surface area contributed by atoms with Crippen LogP contribution in [0.5, 0.6) is 0 Å². The zero-order valence-corrected chi connectivity index (χ0v) is 20.3. The maximum atomic E-state index is 13.5. The minimum Gasteiger partial charge on any atom is -0.363 e. The molecular formula is C30H26FN3S. The number of anilines is 2. The number of nitrogens with zero attached hydrogens (tertiary/aromatic N) is 2. The fourth-order valence-corrected chi connectivity index (χ4v) is 4.98. The van der Waals surface area contributed by atoms with Gasteiger partial charge < -0.3 is 9.62 Å². The third-order valence-electron chi connectivity index (χ3n) is 5.87. The molecule has 0 unspecified atom stereocenters. The molecule has 0 fully saturated rings. The van der Waals surface area contributed by atoms with Crippen LogP contribution in [0, 0.1) is 5.82 Å². The second kappa shape index (κ2) is 10.6. The number of halogens is 1. The lowest BCUT2D eigenvalue weighted by Gasteiger charge is -2.25. The van der Waals surface area contributed by atoms with E-state index in [0.717, 1.165) is 22.0 Å². The molecule has 0 aliphatic heterocycles. The summed E-state index contributed by atoms with van der Waals surface area (Å²) in [5.74, 6) is 0.579. The minimum atomic E-state index is -0.229. The first-order valence-corrected chi connectivity index (χ1v) is 12.4. The molecule has 0 saturated carbocycles. The summed E-state index contributed by atoms with van der Waals surface area (Å²) in [5.41, 5.74) is 3.25. The van der Waals surface area contributed by atoms with Gasteiger partial charge in [-0.1, -0.05) is 72.8 Å². The molecule has 0 amide bonds. The van der Waals surface area contributed by atoms with Gasteiger partial charge in [0.25, 0.3) is 0 Å². The highest BCUT2D eigenvalue weighted by Gasteiger charge is 2.13. The van der Waals surface area contributed by atoms with Gasteiger partial charge >= 0.3 is 0 Å². The number of fused-ring (bicyclic) bond motifs is 1. The summed E-state index contributed by atoms with van der Waals surface area (Å²) in [7, 11) is 0. The first kappa shape index (κ1) is 22.9. The van der Waals surface area contributed by atoms with E-state index >= 15 is 0 Å². The Labute approximate surface area is 209 Å². The summed E-state index contributed by atoms with van der Waals surface area (Å²) in [5, 5.41) is 5.93. The van der Waals surface area contributed by atoms with E-state index in [1.165, 1.54) is 28.5 Å². The van der Waals surface area contributed by atoms with Crippen LogP contribution < -0.4 is 9.62 Å². The first-order valence-electron chi connectivity index (χ1n) is 11.6. The summed E-state index contributed by atoms with van der Waals surface area (Å²) in [6, 6.07) is 36.1. The molecule has 5 rings (SSSR count). The highest BCUT2D eigenvalue weighted by molar-refractivity contribution is 8.00. The quantitative estimate of drug-likeness (QED) is 0.227. The Bertz CT molecular complexity index is 1410. The molecule has 0 bridgehead atoms. The monoisotopic (exact) mass is 479 g/mol. The van der Waals surface area contributed by atoms with E-state index in [1.54, 1.807) is 11.9 Å². The Morgan fingerprint density at radius 2 is 1.57 bits per heavy atom. The number of benzene rings is 4. The van der Waals surface area contributed by atoms with Crippen molar-refractivity contribution in [2.24, 2.45) is 0 Å². The van der Waals surface area contributed by atoms with Crippen molar-refractivity contribution in [1.29, 1.82) is 0 Å². The van der Waals surface area contributed by atoms with Gasteiger partial charge in [-0.05, 0) is 71.1 Å². The van der Waals surface area contributed by atoms with Crippen molar-refractivity contribution in [3.63, 3.8) is 0 Å². The molecule has 1 aromatic heterocycles. The molecule has 0 spiro atoms. The van der Waals surface area contributed by atoms with Crippen molar-refractivity contribution in [2.45, 2.75) is 24.4 Å². The predicted molar refractivity (Wildman–Crippen MR) is 145 cm³/mol. The average Bonchev–Trinajstić information content (AvgIpc) is 2.90. The van der Waals surface area contributed by atoms with Crippen LogP contribution in [-0.4, -0.2) is 4.98 Å². The molecule has 0 radical (unpaired) electrons. The van der Waals surface area contributed by atoms with Crippen molar-refractivity contribution >= 4 is 34.2 Å². The summed E-state index contributed by atoms with van der Waals surface area (Å²) in [4.78, 5) is 5.69. The predicted octanol–water partition coefficient (Wildman–Crippen LogP) is 8.26. The van der Waals surface area contributed by atoms with Crippen molar-refractivity contribution in [3.8, 4) is 0 Å². The van der Waals surface area contributed by atoms with Gasteiger partial charge in [0.05, 0.1) is 12.2 Å². The SMILES string of the molecule is C[C@H](Nc1cc(N(Cc2ccc(F)cc2)Sc2ccc3ccccc3c2)ccn1)c1ccccc1. The summed E-state index contributed by atoms with van der Waals surface area (Å²) in [6.45, 7) is 2.75. The van der Waals surface area contributed by atoms with Gasteiger partial charge in [0.2, 0.25) is 0 Å². The Hall–Kier alpha value is -3.83. The Balaban J connectivity index is 1.43. The second-order valence-corrected chi connectivity index (χ2v) is 9.53. The number of aromatic nitrogens is 1. The number of hydrogen-bond acceptors (Lipinski definition) is 4. The number of rotatable bonds is 8. The molecule has 4 aromatic carbocycles. The molecule has 1 N–H and O–H groups in total. The lowest BCUT2D eigenvalue weighted by atomic mass is 10.1. The Morgan fingerprint density at radius 1 is 0.829 bits per heavy atom. The lowest BCUT2D eigenvalue weighted by Crippen LogP contribution is -2.15. The van der Waals surface area contributed by atoms with Crippen LogP contribution in [0.25, 0.3) is 10.8 Å². The van der Waals surface area contributed by atoms with Gasteiger partial charge in [-0.15, -0.1) is 0 Å². The van der Waals surface area contributed by atoms with E-state index in [-0.39, 0.29) is 11.9 Å². The maximum Gasteiger partial charge on any atom is 0.128 e. The van der Waals surface area contributed by atoms with Crippen LogP contribution in [0.1, 0.15) is 24.1 Å². The van der Waals surface area contributed by atoms with E-state index in [2.05, 4.69) is 82.2 Å².